The van der Waals surface area contributed by atoms with Crippen molar-refractivity contribution < 1.29 is 4.79 Å². The molecule has 0 saturated heterocycles. The molecule has 0 spiro atoms. The van der Waals surface area contributed by atoms with Gasteiger partial charge in [0.15, 0.2) is 5.71 Å². The standard InChI is InChI=1S/C9H9ClN4OS/c10-5-3-1-2-4-6(5)13-14-7(8(11)15)9(12)16/h1-4,13H,(H2,11,15)(H2,12,16). The number of benzene rings is 1. The number of para-hydroxylation sites is 1. The molecule has 0 bridgehead atoms. The SMILES string of the molecule is NC(=O)C(=NNc1ccccc1Cl)C(N)=S. The number of hydrogen-bond donors (Lipinski definition) is 3. The Morgan fingerprint density at radius 2 is 2.00 bits per heavy atom. The third kappa shape index (κ3) is 3.18. The fourth-order valence-electron chi connectivity index (χ4n) is 0.900. The molecule has 0 unspecified atom stereocenters. The Morgan fingerprint density at radius 1 is 1.38 bits per heavy atom. The number of hydrogen-bond acceptors (Lipinski definition) is 4. The van der Waals surface area contributed by atoms with E-state index in [1.807, 2.05) is 0 Å². The molecule has 0 atom stereocenters. The molecular formula is C9H9ClN4OS. The average Bonchev–Trinajstić information content (AvgIpc) is 2.20. The first kappa shape index (κ1) is 12.4. The Hall–Kier alpha value is -1.66. The van der Waals surface area contributed by atoms with Crippen molar-refractivity contribution in [3.63, 3.8) is 0 Å². The first-order chi connectivity index (χ1) is 7.52. The van der Waals surface area contributed by atoms with Crippen molar-refractivity contribution in [1.29, 1.82) is 0 Å². The predicted octanol–water partition coefficient (Wildman–Crippen LogP) is 0.879. The van der Waals surface area contributed by atoms with Crippen molar-refractivity contribution in [3.8, 4) is 0 Å². The summed E-state index contributed by atoms with van der Waals surface area (Å²) in [4.78, 5) is 10.7. The van der Waals surface area contributed by atoms with Gasteiger partial charge < -0.3 is 11.5 Å². The fourth-order valence-corrected chi connectivity index (χ4v) is 1.22. The Kier molecular flexibility index (Phi) is 4.21. The lowest BCUT2D eigenvalue weighted by Gasteiger charge is -2.04. The summed E-state index contributed by atoms with van der Waals surface area (Å²) in [6.07, 6.45) is 0. The summed E-state index contributed by atoms with van der Waals surface area (Å²) in [6, 6.07) is 6.88. The number of halogens is 1. The smallest absolute Gasteiger partial charge is 0.272 e. The van der Waals surface area contributed by atoms with Crippen LogP contribution in [0, 0.1) is 0 Å². The maximum atomic E-state index is 10.9. The number of nitrogens with one attached hydrogen (secondary N) is 1. The van der Waals surface area contributed by atoms with Crippen molar-refractivity contribution in [1.82, 2.24) is 0 Å². The van der Waals surface area contributed by atoms with Gasteiger partial charge in [-0.25, -0.2) is 0 Å². The maximum Gasteiger partial charge on any atom is 0.272 e. The molecule has 0 aromatic heterocycles. The molecule has 1 rings (SSSR count). The zero-order chi connectivity index (χ0) is 12.1. The van der Waals surface area contributed by atoms with Gasteiger partial charge in [0.05, 0.1) is 10.7 Å². The van der Waals surface area contributed by atoms with Gasteiger partial charge in [-0.2, -0.15) is 5.10 Å². The molecule has 1 aromatic rings. The molecule has 0 fully saturated rings. The molecule has 0 heterocycles. The Balaban J connectivity index is 2.90. The summed E-state index contributed by atoms with van der Waals surface area (Å²) in [5, 5.41) is 4.15. The van der Waals surface area contributed by atoms with E-state index in [0.29, 0.717) is 10.7 Å². The second-order valence-corrected chi connectivity index (χ2v) is 3.63. The van der Waals surface area contributed by atoms with Gasteiger partial charge in [0.1, 0.15) is 4.99 Å². The molecule has 5 N–H and O–H groups in total. The summed E-state index contributed by atoms with van der Waals surface area (Å²) in [7, 11) is 0. The summed E-state index contributed by atoms with van der Waals surface area (Å²) < 4.78 is 0. The lowest BCUT2D eigenvalue weighted by atomic mass is 10.3. The first-order valence-electron chi connectivity index (χ1n) is 4.20. The quantitative estimate of drug-likeness (QED) is 0.423. The summed E-state index contributed by atoms with van der Waals surface area (Å²) in [5.41, 5.74) is 13.2. The van der Waals surface area contributed by atoms with Crippen LogP contribution in [-0.4, -0.2) is 16.6 Å². The number of primary amides is 1. The molecule has 0 aliphatic carbocycles. The molecule has 0 aliphatic rings. The van der Waals surface area contributed by atoms with Crippen LogP contribution < -0.4 is 16.9 Å². The Bertz CT molecular complexity index is 445. The molecule has 0 aliphatic heterocycles. The summed E-state index contributed by atoms with van der Waals surface area (Å²) in [5.74, 6) is -0.799. The van der Waals surface area contributed by atoms with Gasteiger partial charge in [0, 0.05) is 0 Å². The maximum absolute atomic E-state index is 10.9. The predicted molar refractivity (Wildman–Crippen MR) is 68.5 cm³/mol. The largest absolute Gasteiger partial charge is 0.388 e. The van der Waals surface area contributed by atoms with Gasteiger partial charge in [0.2, 0.25) is 0 Å². The van der Waals surface area contributed by atoms with Crippen LogP contribution in [0.25, 0.3) is 0 Å². The van der Waals surface area contributed by atoms with E-state index in [1.165, 1.54) is 0 Å². The van der Waals surface area contributed by atoms with Gasteiger partial charge in [-0.3, -0.25) is 10.2 Å². The van der Waals surface area contributed by atoms with Crippen LogP contribution >= 0.6 is 23.8 Å². The highest BCUT2D eigenvalue weighted by Gasteiger charge is 2.10. The van der Waals surface area contributed by atoms with Crippen LogP contribution in [0.4, 0.5) is 5.69 Å². The molecule has 0 radical (unpaired) electrons. The van der Waals surface area contributed by atoms with E-state index in [1.54, 1.807) is 24.3 Å². The highest BCUT2D eigenvalue weighted by molar-refractivity contribution is 7.82. The number of carbonyl (C=O) groups excluding carboxylic acids is 1. The molecule has 0 saturated carbocycles. The molecule has 7 heteroatoms. The molecule has 1 aromatic carbocycles. The van der Waals surface area contributed by atoms with Crippen molar-refractivity contribution in [2.45, 2.75) is 0 Å². The minimum Gasteiger partial charge on any atom is -0.388 e. The molecule has 16 heavy (non-hydrogen) atoms. The van der Waals surface area contributed by atoms with E-state index in [0.717, 1.165) is 0 Å². The molecule has 1 amide bonds. The number of nitrogens with two attached hydrogens (primary N) is 2. The monoisotopic (exact) mass is 256 g/mol. The topological polar surface area (TPSA) is 93.5 Å². The summed E-state index contributed by atoms with van der Waals surface area (Å²) in [6.45, 7) is 0. The van der Waals surface area contributed by atoms with Gasteiger partial charge >= 0.3 is 0 Å². The lowest BCUT2D eigenvalue weighted by Crippen LogP contribution is -2.35. The van der Waals surface area contributed by atoms with Gasteiger partial charge in [-0.15, -0.1) is 0 Å². The normalized spacial score (nSPS) is 10.9. The molecular weight excluding hydrogens is 248 g/mol. The number of hydrazone groups is 1. The zero-order valence-corrected chi connectivity index (χ0v) is 9.68. The van der Waals surface area contributed by atoms with Gasteiger partial charge in [-0.05, 0) is 12.1 Å². The van der Waals surface area contributed by atoms with Crippen LogP contribution in [-0.2, 0) is 4.79 Å². The number of thiocarbonyl (C=S) groups is 1. The Labute approximate surface area is 102 Å². The Morgan fingerprint density at radius 3 is 2.50 bits per heavy atom. The lowest BCUT2D eigenvalue weighted by molar-refractivity contribution is -0.111. The minimum atomic E-state index is -0.799. The van der Waals surface area contributed by atoms with E-state index in [4.69, 9.17) is 23.1 Å². The van der Waals surface area contributed by atoms with Crippen LogP contribution in [0.5, 0.6) is 0 Å². The third-order valence-electron chi connectivity index (χ3n) is 1.63. The third-order valence-corrected chi connectivity index (χ3v) is 2.15. The van der Waals surface area contributed by atoms with Crippen LogP contribution in [0.3, 0.4) is 0 Å². The first-order valence-corrected chi connectivity index (χ1v) is 4.99. The van der Waals surface area contributed by atoms with E-state index >= 15 is 0 Å². The van der Waals surface area contributed by atoms with E-state index in [-0.39, 0.29) is 10.7 Å². The molecule has 84 valence electrons. The van der Waals surface area contributed by atoms with Gasteiger partial charge in [-0.1, -0.05) is 36.0 Å². The zero-order valence-electron chi connectivity index (χ0n) is 8.11. The number of nitrogens with zero attached hydrogens (tertiary/aromatic N) is 1. The average molecular weight is 257 g/mol. The van der Waals surface area contributed by atoms with Crippen LogP contribution in [0.1, 0.15) is 0 Å². The number of rotatable bonds is 4. The van der Waals surface area contributed by atoms with E-state index in [2.05, 4.69) is 22.7 Å². The van der Waals surface area contributed by atoms with Crippen molar-refractivity contribution in [2.24, 2.45) is 16.6 Å². The molecule has 5 nitrogen and oxygen atoms in total. The van der Waals surface area contributed by atoms with E-state index in [9.17, 15) is 4.79 Å². The van der Waals surface area contributed by atoms with Gasteiger partial charge in [0.25, 0.3) is 5.91 Å². The van der Waals surface area contributed by atoms with Crippen LogP contribution in [0.15, 0.2) is 29.4 Å². The van der Waals surface area contributed by atoms with Crippen molar-refractivity contribution >= 4 is 46.1 Å². The van der Waals surface area contributed by atoms with Crippen molar-refractivity contribution in [3.05, 3.63) is 29.3 Å². The van der Waals surface area contributed by atoms with E-state index < -0.39 is 5.91 Å². The second-order valence-electron chi connectivity index (χ2n) is 2.78. The second kappa shape index (κ2) is 5.43. The number of anilines is 1. The summed E-state index contributed by atoms with van der Waals surface area (Å²) >= 11 is 10.5. The minimum absolute atomic E-state index is 0.174. The van der Waals surface area contributed by atoms with Crippen molar-refractivity contribution in [2.75, 3.05) is 5.43 Å². The highest BCUT2D eigenvalue weighted by Crippen LogP contribution is 2.20. The highest BCUT2D eigenvalue weighted by atomic mass is 35.5. The fraction of sp³-hybridized carbons (Fsp3) is 0. The number of amides is 1. The number of carbonyl (C=O) groups is 1. The van der Waals surface area contributed by atoms with Crippen LogP contribution in [0.2, 0.25) is 5.02 Å².